The Morgan fingerprint density at radius 1 is 1.07 bits per heavy atom. The number of hydrogen-bond donors (Lipinski definition) is 2. The normalized spacial score (nSPS) is 12.0. The third-order valence-corrected chi connectivity index (χ3v) is 4.65. The van der Waals surface area contributed by atoms with Crippen LogP contribution < -0.4 is 10.6 Å². The Bertz CT molecular complexity index is 993. The summed E-state index contributed by atoms with van der Waals surface area (Å²) in [5, 5.41) is 5.94. The fourth-order valence-corrected chi connectivity index (χ4v) is 3.24. The highest BCUT2D eigenvalue weighted by molar-refractivity contribution is 5.92. The standard InChI is InChI=1S/C22H26N4O2/c1-4-9-20(27)23-16(3)22-25-18-12-7-8-13-19(18)26(22)14-21(28)24-17-11-6-5-10-15(17)2/h5-8,10-13,16H,4,9,14H2,1-3H3,(H,23,27)(H,24,28). The number of carbonyl (C=O) groups is 2. The van der Waals surface area contributed by atoms with Gasteiger partial charge in [-0.3, -0.25) is 9.59 Å². The first-order valence-electron chi connectivity index (χ1n) is 9.59. The fraction of sp³-hybridized carbons (Fsp3) is 0.318. The molecule has 2 aromatic carbocycles. The number of hydrogen-bond acceptors (Lipinski definition) is 3. The molecule has 1 unspecified atom stereocenters. The van der Waals surface area contributed by atoms with Gasteiger partial charge in [-0.2, -0.15) is 0 Å². The average Bonchev–Trinajstić information content (AvgIpc) is 3.02. The van der Waals surface area contributed by atoms with Crippen molar-refractivity contribution in [1.29, 1.82) is 0 Å². The largest absolute Gasteiger partial charge is 0.346 e. The van der Waals surface area contributed by atoms with Crippen LogP contribution in [0.25, 0.3) is 11.0 Å². The van der Waals surface area contributed by atoms with Crippen molar-refractivity contribution in [2.24, 2.45) is 0 Å². The van der Waals surface area contributed by atoms with Crippen molar-refractivity contribution in [2.45, 2.75) is 46.2 Å². The molecule has 0 aliphatic carbocycles. The molecule has 0 saturated carbocycles. The highest BCUT2D eigenvalue weighted by atomic mass is 16.2. The van der Waals surface area contributed by atoms with Crippen LogP contribution in [0.2, 0.25) is 0 Å². The monoisotopic (exact) mass is 378 g/mol. The molecular formula is C22H26N4O2. The highest BCUT2D eigenvalue weighted by Crippen LogP contribution is 2.21. The number of fused-ring (bicyclic) bond motifs is 1. The Labute approximate surface area is 165 Å². The lowest BCUT2D eigenvalue weighted by atomic mass is 10.2. The topological polar surface area (TPSA) is 76.0 Å². The van der Waals surface area contributed by atoms with Crippen LogP contribution in [-0.2, 0) is 16.1 Å². The minimum Gasteiger partial charge on any atom is -0.346 e. The van der Waals surface area contributed by atoms with Gasteiger partial charge in [0.25, 0.3) is 0 Å². The number of rotatable bonds is 7. The smallest absolute Gasteiger partial charge is 0.244 e. The molecule has 28 heavy (non-hydrogen) atoms. The van der Waals surface area contributed by atoms with Gasteiger partial charge in [0.2, 0.25) is 11.8 Å². The molecule has 0 fully saturated rings. The summed E-state index contributed by atoms with van der Waals surface area (Å²) in [4.78, 5) is 29.4. The first-order chi connectivity index (χ1) is 13.5. The molecule has 3 rings (SSSR count). The third-order valence-electron chi connectivity index (χ3n) is 4.65. The molecule has 1 aromatic heterocycles. The molecule has 1 heterocycles. The third kappa shape index (κ3) is 4.39. The van der Waals surface area contributed by atoms with Crippen molar-refractivity contribution < 1.29 is 9.59 Å². The van der Waals surface area contributed by atoms with E-state index >= 15 is 0 Å². The number of imidazole rings is 1. The van der Waals surface area contributed by atoms with Crippen molar-refractivity contribution >= 4 is 28.5 Å². The van der Waals surface area contributed by atoms with Gasteiger partial charge in [0.05, 0.1) is 17.1 Å². The molecule has 3 aromatic rings. The number of nitrogens with zero attached hydrogens (tertiary/aromatic N) is 2. The lowest BCUT2D eigenvalue weighted by Crippen LogP contribution is -2.29. The summed E-state index contributed by atoms with van der Waals surface area (Å²) >= 11 is 0. The zero-order chi connectivity index (χ0) is 20.1. The fourth-order valence-electron chi connectivity index (χ4n) is 3.24. The maximum Gasteiger partial charge on any atom is 0.244 e. The number of aryl methyl sites for hydroxylation is 1. The zero-order valence-electron chi connectivity index (χ0n) is 16.5. The lowest BCUT2D eigenvalue weighted by Gasteiger charge is -2.16. The van der Waals surface area contributed by atoms with Crippen LogP contribution in [0.5, 0.6) is 0 Å². The van der Waals surface area contributed by atoms with Gasteiger partial charge >= 0.3 is 0 Å². The van der Waals surface area contributed by atoms with Crippen molar-refractivity contribution in [2.75, 3.05) is 5.32 Å². The minimum absolute atomic E-state index is 0.0158. The van der Waals surface area contributed by atoms with Crippen LogP contribution in [0, 0.1) is 6.92 Å². The molecular weight excluding hydrogens is 352 g/mol. The number of anilines is 1. The summed E-state index contributed by atoms with van der Waals surface area (Å²) in [7, 11) is 0. The number of benzene rings is 2. The van der Waals surface area contributed by atoms with Gasteiger partial charge in [-0.05, 0) is 44.0 Å². The van der Waals surface area contributed by atoms with Crippen molar-refractivity contribution in [1.82, 2.24) is 14.9 Å². The van der Waals surface area contributed by atoms with Crippen LogP contribution in [0.3, 0.4) is 0 Å². The first-order valence-corrected chi connectivity index (χ1v) is 9.59. The SMILES string of the molecule is CCCC(=O)NC(C)c1nc2ccccc2n1CC(=O)Nc1ccccc1C. The Morgan fingerprint density at radius 2 is 1.79 bits per heavy atom. The Hall–Kier alpha value is -3.15. The molecule has 146 valence electrons. The van der Waals surface area contributed by atoms with E-state index in [2.05, 4.69) is 15.6 Å². The minimum atomic E-state index is -0.294. The second kappa shape index (κ2) is 8.69. The predicted molar refractivity (Wildman–Crippen MR) is 111 cm³/mol. The van der Waals surface area contributed by atoms with E-state index in [1.165, 1.54) is 0 Å². The second-order valence-corrected chi connectivity index (χ2v) is 6.95. The van der Waals surface area contributed by atoms with Gasteiger partial charge in [0.1, 0.15) is 12.4 Å². The van der Waals surface area contributed by atoms with Gasteiger partial charge < -0.3 is 15.2 Å². The molecule has 6 nitrogen and oxygen atoms in total. The molecule has 0 radical (unpaired) electrons. The molecule has 0 aliphatic heterocycles. The Morgan fingerprint density at radius 3 is 2.54 bits per heavy atom. The summed E-state index contributed by atoms with van der Waals surface area (Å²) in [5.74, 6) is 0.523. The van der Waals surface area contributed by atoms with E-state index in [1.807, 2.05) is 73.9 Å². The van der Waals surface area contributed by atoms with E-state index in [0.29, 0.717) is 12.2 Å². The number of aromatic nitrogens is 2. The van der Waals surface area contributed by atoms with Crippen LogP contribution >= 0.6 is 0 Å². The quantitative estimate of drug-likeness (QED) is 0.653. The van der Waals surface area contributed by atoms with Crippen LogP contribution in [-0.4, -0.2) is 21.4 Å². The zero-order valence-corrected chi connectivity index (χ0v) is 16.5. The molecule has 0 aliphatic rings. The van der Waals surface area contributed by atoms with E-state index in [4.69, 9.17) is 0 Å². The van der Waals surface area contributed by atoms with Crippen molar-refractivity contribution in [3.8, 4) is 0 Å². The van der Waals surface area contributed by atoms with Crippen LogP contribution in [0.1, 0.15) is 44.1 Å². The average molecular weight is 378 g/mol. The molecule has 2 amide bonds. The summed E-state index contributed by atoms with van der Waals surface area (Å²) in [6.45, 7) is 5.94. The van der Waals surface area contributed by atoms with Gasteiger partial charge in [-0.1, -0.05) is 37.3 Å². The van der Waals surface area contributed by atoms with Gasteiger partial charge in [-0.15, -0.1) is 0 Å². The summed E-state index contributed by atoms with van der Waals surface area (Å²) < 4.78 is 1.87. The molecule has 0 bridgehead atoms. The second-order valence-electron chi connectivity index (χ2n) is 6.95. The van der Waals surface area contributed by atoms with E-state index in [1.54, 1.807) is 0 Å². The number of amides is 2. The van der Waals surface area contributed by atoms with Gasteiger partial charge in [0, 0.05) is 12.1 Å². The Balaban J connectivity index is 1.87. The number of nitrogens with one attached hydrogen (secondary N) is 2. The molecule has 1 atom stereocenters. The first kappa shape index (κ1) is 19.6. The van der Waals surface area contributed by atoms with Gasteiger partial charge in [0.15, 0.2) is 0 Å². The highest BCUT2D eigenvalue weighted by Gasteiger charge is 2.20. The van der Waals surface area contributed by atoms with Crippen molar-refractivity contribution in [3.05, 3.63) is 59.9 Å². The van der Waals surface area contributed by atoms with Crippen molar-refractivity contribution in [3.63, 3.8) is 0 Å². The predicted octanol–water partition coefficient (Wildman–Crippen LogP) is 3.96. The summed E-state index contributed by atoms with van der Waals surface area (Å²) in [5.41, 5.74) is 3.47. The maximum absolute atomic E-state index is 12.7. The molecule has 6 heteroatoms. The van der Waals surface area contributed by atoms with Gasteiger partial charge in [-0.25, -0.2) is 4.98 Å². The van der Waals surface area contributed by atoms with Crippen LogP contribution in [0.15, 0.2) is 48.5 Å². The summed E-state index contributed by atoms with van der Waals surface area (Å²) in [6.07, 6.45) is 1.26. The molecule has 0 spiro atoms. The molecule has 2 N–H and O–H groups in total. The lowest BCUT2D eigenvalue weighted by molar-refractivity contribution is -0.121. The summed E-state index contributed by atoms with van der Waals surface area (Å²) in [6, 6.07) is 15.1. The van der Waals surface area contributed by atoms with E-state index < -0.39 is 0 Å². The number of carbonyl (C=O) groups excluding carboxylic acids is 2. The van der Waals surface area contributed by atoms with E-state index in [9.17, 15) is 9.59 Å². The Kier molecular flexibility index (Phi) is 6.09. The van der Waals surface area contributed by atoms with E-state index in [-0.39, 0.29) is 24.4 Å². The maximum atomic E-state index is 12.7. The number of para-hydroxylation sites is 3. The van der Waals surface area contributed by atoms with E-state index in [0.717, 1.165) is 28.7 Å². The molecule has 0 saturated heterocycles. The van der Waals surface area contributed by atoms with Crippen LogP contribution in [0.4, 0.5) is 5.69 Å².